The van der Waals surface area contributed by atoms with Gasteiger partial charge >= 0.3 is 0 Å². The van der Waals surface area contributed by atoms with Crippen LogP contribution >= 0.6 is 0 Å². The van der Waals surface area contributed by atoms with Crippen molar-refractivity contribution in [1.82, 2.24) is 9.88 Å². The number of hydrogen-bond acceptors (Lipinski definition) is 2. The summed E-state index contributed by atoms with van der Waals surface area (Å²) in [7, 11) is 2.09. The van der Waals surface area contributed by atoms with Crippen LogP contribution in [0.5, 0.6) is 0 Å². The number of likely N-dealkylation sites (N-methyl/N-ethyl adjacent to an activating group) is 1. The van der Waals surface area contributed by atoms with Gasteiger partial charge in [0.05, 0.1) is 0 Å². The van der Waals surface area contributed by atoms with Gasteiger partial charge in [-0.25, -0.2) is 0 Å². The summed E-state index contributed by atoms with van der Waals surface area (Å²) in [6.07, 6.45) is 6.54. The molecule has 0 bridgehead atoms. The van der Waals surface area contributed by atoms with Crippen LogP contribution in [0.4, 0.5) is 0 Å². The van der Waals surface area contributed by atoms with Gasteiger partial charge in [0.1, 0.15) is 0 Å². The average molecular weight is 214 g/mol. The zero-order valence-corrected chi connectivity index (χ0v) is 10.4. The zero-order chi connectivity index (χ0) is 11.7. The third-order valence-electron chi connectivity index (χ3n) is 3.02. The van der Waals surface area contributed by atoms with Crippen LogP contribution in [-0.2, 0) is 0 Å². The van der Waals surface area contributed by atoms with Crippen LogP contribution in [0, 0.1) is 20.8 Å². The Morgan fingerprint density at radius 1 is 1.19 bits per heavy atom. The van der Waals surface area contributed by atoms with Crippen LogP contribution in [0.3, 0.4) is 0 Å². The van der Waals surface area contributed by atoms with Crippen molar-refractivity contribution < 1.29 is 0 Å². The molecular formula is C14H18N2. The summed E-state index contributed by atoms with van der Waals surface area (Å²) in [5, 5.41) is 0. The first-order chi connectivity index (χ1) is 7.58. The lowest BCUT2D eigenvalue weighted by molar-refractivity contribution is 0.507. The highest BCUT2D eigenvalue weighted by molar-refractivity contribution is 5.76. The van der Waals surface area contributed by atoms with Crippen molar-refractivity contribution in [2.75, 3.05) is 13.6 Å². The van der Waals surface area contributed by atoms with Gasteiger partial charge in [0.25, 0.3) is 0 Å². The maximum absolute atomic E-state index is 4.58. The number of pyridine rings is 1. The molecule has 1 aliphatic rings. The van der Waals surface area contributed by atoms with E-state index in [1.54, 1.807) is 0 Å². The number of aryl methyl sites for hydroxylation is 3. The van der Waals surface area contributed by atoms with E-state index in [0.29, 0.717) is 0 Å². The molecule has 1 aromatic heterocycles. The smallest absolute Gasteiger partial charge is 0.0454 e. The van der Waals surface area contributed by atoms with Gasteiger partial charge in [-0.05, 0) is 38.0 Å². The van der Waals surface area contributed by atoms with E-state index in [9.17, 15) is 0 Å². The standard InChI is InChI=1S/C14H18N2/c1-10-8-14(12(3)15-11(10)2)13-6-5-7-16(4)9-13/h5-6,8-9H,7H2,1-4H3. The van der Waals surface area contributed by atoms with Crippen molar-refractivity contribution in [3.8, 4) is 0 Å². The Balaban J connectivity index is 2.48. The molecule has 0 aromatic carbocycles. The van der Waals surface area contributed by atoms with Gasteiger partial charge in [0, 0.05) is 36.7 Å². The minimum atomic E-state index is 0.987. The maximum Gasteiger partial charge on any atom is 0.0454 e. The summed E-state index contributed by atoms with van der Waals surface area (Å²) in [6, 6.07) is 2.23. The number of nitrogens with zero attached hydrogens (tertiary/aromatic N) is 2. The molecule has 2 nitrogen and oxygen atoms in total. The summed E-state index contributed by atoms with van der Waals surface area (Å²) in [5.74, 6) is 0. The molecule has 1 aromatic rings. The van der Waals surface area contributed by atoms with Gasteiger partial charge in [0.15, 0.2) is 0 Å². The van der Waals surface area contributed by atoms with E-state index in [4.69, 9.17) is 0 Å². The fourth-order valence-corrected chi connectivity index (χ4v) is 1.96. The minimum Gasteiger partial charge on any atom is -0.376 e. The van der Waals surface area contributed by atoms with Crippen molar-refractivity contribution in [3.63, 3.8) is 0 Å². The van der Waals surface area contributed by atoms with Gasteiger partial charge in [-0.15, -0.1) is 0 Å². The Labute approximate surface area is 97.3 Å². The first-order valence-electron chi connectivity index (χ1n) is 5.62. The highest BCUT2D eigenvalue weighted by atomic mass is 15.1. The van der Waals surface area contributed by atoms with E-state index in [0.717, 1.165) is 17.9 Å². The van der Waals surface area contributed by atoms with Gasteiger partial charge in [-0.1, -0.05) is 12.2 Å². The molecule has 16 heavy (non-hydrogen) atoms. The fourth-order valence-electron chi connectivity index (χ4n) is 1.96. The number of allylic oxidation sites excluding steroid dienone is 2. The first kappa shape index (κ1) is 10.9. The van der Waals surface area contributed by atoms with Crippen LogP contribution in [0.15, 0.2) is 24.4 Å². The lowest BCUT2D eigenvalue weighted by Gasteiger charge is -2.19. The molecule has 0 aliphatic carbocycles. The molecule has 84 valence electrons. The highest BCUT2D eigenvalue weighted by Gasteiger charge is 2.09. The second-order valence-corrected chi connectivity index (χ2v) is 4.45. The predicted molar refractivity (Wildman–Crippen MR) is 68.2 cm³/mol. The summed E-state index contributed by atoms with van der Waals surface area (Å²) in [5.41, 5.74) is 5.97. The second kappa shape index (κ2) is 4.12. The maximum atomic E-state index is 4.58. The highest BCUT2D eigenvalue weighted by Crippen LogP contribution is 2.23. The number of hydrogen-bond donors (Lipinski definition) is 0. The van der Waals surface area contributed by atoms with E-state index >= 15 is 0 Å². The predicted octanol–water partition coefficient (Wildman–Crippen LogP) is 2.85. The van der Waals surface area contributed by atoms with E-state index in [-0.39, 0.29) is 0 Å². The molecule has 0 amide bonds. The fraction of sp³-hybridized carbons (Fsp3) is 0.357. The first-order valence-corrected chi connectivity index (χ1v) is 5.62. The molecule has 2 heterocycles. The molecule has 0 spiro atoms. The largest absolute Gasteiger partial charge is 0.376 e. The number of aromatic nitrogens is 1. The van der Waals surface area contributed by atoms with E-state index in [1.807, 2.05) is 0 Å². The molecule has 0 atom stereocenters. The third-order valence-corrected chi connectivity index (χ3v) is 3.02. The lowest BCUT2D eigenvalue weighted by atomic mass is 10.0. The average Bonchev–Trinajstić information content (AvgIpc) is 2.23. The topological polar surface area (TPSA) is 16.1 Å². The Bertz CT molecular complexity index is 470. The van der Waals surface area contributed by atoms with E-state index in [2.05, 4.69) is 62.1 Å². The number of rotatable bonds is 1. The third kappa shape index (κ3) is 2.01. The Kier molecular flexibility index (Phi) is 2.82. The van der Waals surface area contributed by atoms with Gasteiger partial charge in [-0.2, -0.15) is 0 Å². The van der Waals surface area contributed by atoms with Gasteiger partial charge in [-0.3, -0.25) is 4.98 Å². The summed E-state index contributed by atoms with van der Waals surface area (Å²) >= 11 is 0. The molecular weight excluding hydrogens is 196 g/mol. The molecule has 0 unspecified atom stereocenters. The Morgan fingerprint density at radius 3 is 2.62 bits per heavy atom. The van der Waals surface area contributed by atoms with Crippen LogP contribution < -0.4 is 0 Å². The molecule has 0 saturated carbocycles. The molecule has 2 rings (SSSR count). The Morgan fingerprint density at radius 2 is 1.94 bits per heavy atom. The quantitative estimate of drug-likeness (QED) is 0.714. The molecule has 0 fully saturated rings. The van der Waals surface area contributed by atoms with Crippen molar-refractivity contribution in [1.29, 1.82) is 0 Å². The molecule has 1 aliphatic heterocycles. The van der Waals surface area contributed by atoms with Crippen LogP contribution in [0.1, 0.15) is 22.5 Å². The van der Waals surface area contributed by atoms with Crippen molar-refractivity contribution in [2.45, 2.75) is 20.8 Å². The molecule has 0 N–H and O–H groups in total. The monoisotopic (exact) mass is 214 g/mol. The van der Waals surface area contributed by atoms with E-state index < -0.39 is 0 Å². The molecule has 0 saturated heterocycles. The molecule has 2 heteroatoms. The summed E-state index contributed by atoms with van der Waals surface area (Å²) in [6.45, 7) is 7.23. The van der Waals surface area contributed by atoms with Crippen molar-refractivity contribution >= 4 is 5.57 Å². The van der Waals surface area contributed by atoms with Gasteiger partial charge < -0.3 is 4.90 Å². The van der Waals surface area contributed by atoms with E-state index in [1.165, 1.54) is 16.7 Å². The second-order valence-electron chi connectivity index (χ2n) is 4.45. The van der Waals surface area contributed by atoms with Gasteiger partial charge in [0.2, 0.25) is 0 Å². The van der Waals surface area contributed by atoms with Crippen molar-refractivity contribution in [3.05, 3.63) is 46.9 Å². The van der Waals surface area contributed by atoms with Crippen molar-refractivity contribution in [2.24, 2.45) is 0 Å². The van der Waals surface area contributed by atoms with Crippen LogP contribution in [-0.4, -0.2) is 23.5 Å². The summed E-state index contributed by atoms with van der Waals surface area (Å²) < 4.78 is 0. The molecule has 0 radical (unpaired) electrons. The minimum absolute atomic E-state index is 0.987. The zero-order valence-electron chi connectivity index (χ0n) is 10.4. The van der Waals surface area contributed by atoms with Crippen LogP contribution in [0.25, 0.3) is 5.57 Å². The SMILES string of the molecule is Cc1cc(C2=CN(C)CC=C2)c(C)nc1C. The normalized spacial score (nSPS) is 15.2. The Hall–Kier alpha value is -1.57. The summed E-state index contributed by atoms with van der Waals surface area (Å²) in [4.78, 5) is 6.76. The lowest BCUT2D eigenvalue weighted by Crippen LogP contribution is -2.14. The van der Waals surface area contributed by atoms with Crippen LogP contribution in [0.2, 0.25) is 0 Å².